The monoisotopic (exact) mass is 360 g/mol. The smallest absolute Gasteiger partial charge is 0.234 e. The van der Waals surface area contributed by atoms with Crippen molar-refractivity contribution >= 4 is 5.91 Å². The molecule has 1 aliphatic rings. The number of hydrogen-bond acceptors (Lipinski definition) is 5. The molecule has 1 amide bonds. The minimum atomic E-state index is -0.241. The molecule has 0 bridgehead atoms. The van der Waals surface area contributed by atoms with Crippen LogP contribution < -0.4 is 5.32 Å². The second-order valence-corrected chi connectivity index (χ2v) is 6.85. The van der Waals surface area contributed by atoms with Crippen LogP contribution in [0.15, 0.2) is 28.8 Å². The fourth-order valence-electron chi connectivity index (χ4n) is 3.02. The third kappa shape index (κ3) is 5.12. The standard InChI is InChI=1S/C19H25FN4O2/c1-14-3-4-16(10-18(14)20)11-21-19(25)13-24-7-5-23(6-8-24)12-17-9-15(2)22-26-17/h3-4,9-10H,5-8,11-13H2,1-2H3,(H,21,25). The van der Waals surface area contributed by atoms with Gasteiger partial charge in [0.15, 0.2) is 5.76 Å². The molecule has 6 nitrogen and oxygen atoms in total. The number of halogens is 1. The molecule has 1 saturated heterocycles. The summed E-state index contributed by atoms with van der Waals surface area (Å²) in [4.78, 5) is 16.6. The number of hydrogen-bond donors (Lipinski definition) is 1. The highest BCUT2D eigenvalue weighted by Crippen LogP contribution is 2.10. The average molecular weight is 360 g/mol. The van der Waals surface area contributed by atoms with Crippen molar-refractivity contribution in [3.8, 4) is 0 Å². The van der Waals surface area contributed by atoms with Crippen LogP contribution in [0, 0.1) is 19.7 Å². The van der Waals surface area contributed by atoms with Crippen LogP contribution in [-0.2, 0) is 17.9 Å². The van der Waals surface area contributed by atoms with Crippen molar-refractivity contribution in [3.05, 3.63) is 52.7 Å². The first-order valence-electron chi connectivity index (χ1n) is 8.88. The average Bonchev–Trinajstić information content (AvgIpc) is 3.02. The van der Waals surface area contributed by atoms with E-state index in [4.69, 9.17) is 4.52 Å². The van der Waals surface area contributed by atoms with Crippen molar-refractivity contribution in [2.45, 2.75) is 26.9 Å². The Morgan fingerprint density at radius 3 is 2.58 bits per heavy atom. The zero-order valence-electron chi connectivity index (χ0n) is 15.3. The highest BCUT2D eigenvalue weighted by atomic mass is 19.1. The van der Waals surface area contributed by atoms with E-state index in [-0.39, 0.29) is 11.7 Å². The second-order valence-electron chi connectivity index (χ2n) is 6.85. The molecule has 1 aromatic heterocycles. The van der Waals surface area contributed by atoms with Gasteiger partial charge in [0.2, 0.25) is 5.91 Å². The van der Waals surface area contributed by atoms with Gasteiger partial charge in [-0.05, 0) is 31.0 Å². The highest BCUT2D eigenvalue weighted by Gasteiger charge is 2.20. The number of piperazine rings is 1. The molecule has 0 aliphatic carbocycles. The number of nitrogens with zero attached hydrogens (tertiary/aromatic N) is 3. The van der Waals surface area contributed by atoms with Crippen molar-refractivity contribution in [3.63, 3.8) is 0 Å². The largest absolute Gasteiger partial charge is 0.360 e. The van der Waals surface area contributed by atoms with Gasteiger partial charge in [0, 0.05) is 38.8 Å². The Labute approximate surface area is 152 Å². The minimum Gasteiger partial charge on any atom is -0.360 e. The van der Waals surface area contributed by atoms with Gasteiger partial charge in [-0.25, -0.2) is 4.39 Å². The van der Waals surface area contributed by atoms with E-state index < -0.39 is 0 Å². The summed E-state index contributed by atoms with van der Waals surface area (Å²) in [5.41, 5.74) is 2.27. The van der Waals surface area contributed by atoms with Gasteiger partial charge < -0.3 is 9.84 Å². The maximum Gasteiger partial charge on any atom is 0.234 e. The van der Waals surface area contributed by atoms with Gasteiger partial charge in [-0.3, -0.25) is 14.6 Å². The van der Waals surface area contributed by atoms with Crippen LogP contribution in [0.1, 0.15) is 22.6 Å². The van der Waals surface area contributed by atoms with E-state index in [1.807, 2.05) is 19.1 Å². The number of aromatic nitrogens is 1. The number of carbonyl (C=O) groups is 1. The lowest BCUT2D eigenvalue weighted by atomic mass is 10.1. The lowest BCUT2D eigenvalue weighted by Crippen LogP contribution is -2.49. The van der Waals surface area contributed by atoms with E-state index in [1.165, 1.54) is 6.07 Å². The molecule has 3 rings (SSSR count). The summed E-state index contributed by atoms with van der Waals surface area (Å²) in [6.07, 6.45) is 0. The van der Waals surface area contributed by atoms with Crippen LogP contribution >= 0.6 is 0 Å². The number of benzene rings is 1. The third-order valence-electron chi connectivity index (χ3n) is 4.61. The van der Waals surface area contributed by atoms with Crippen molar-refractivity contribution in [1.82, 2.24) is 20.3 Å². The molecule has 1 aromatic carbocycles. The summed E-state index contributed by atoms with van der Waals surface area (Å²) >= 11 is 0. The van der Waals surface area contributed by atoms with Gasteiger partial charge >= 0.3 is 0 Å². The van der Waals surface area contributed by atoms with E-state index in [1.54, 1.807) is 13.0 Å². The van der Waals surface area contributed by atoms with Gasteiger partial charge in [-0.2, -0.15) is 0 Å². The number of rotatable bonds is 6. The number of carbonyl (C=O) groups excluding carboxylic acids is 1. The maximum absolute atomic E-state index is 13.5. The maximum atomic E-state index is 13.5. The normalized spacial score (nSPS) is 16.0. The molecule has 140 valence electrons. The zero-order chi connectivity index (χ0) is 18.5. The number of nitrogens with one attached hydrogen (secondary N) is 1. The molecule has 7 heteroatoms. The lowest BCUT2D eigenvalue weighted by molar-refractivity contribution is -0.122. The molecule has 0 atom stereocenters. The first-order valence-corrected chi connectivity index (χ1v) is 8.88. The van der Waals surface area contributed by atoms with Crippen LogP contribution in [0.5, 0.6) is 0 Å². The molecule has 1 aliphatic heterocycles. The molecule has 2 aromatic rings. The Morgan fingerprint density at radius 1 is 1.19 bits per heavy atom. The Kier molecular flexibility index (Phi) is 6.00. The molecular formula is C19H25FN4O2. The summed E-state index contributed by atoms with van der Waals surface area (Å²) in [5.74, 6) is 0.596. The first-order chi connectivity index (χ1) is 12.5. The lowest BCUT2D eigenvalue weighted by Gasteiger charge is -2.33. The predicted molar refractivity (Wildman–Crippen MR) is 95.9 cm³/mol. The molecule has 1 N–H and O–H groups in total. The summed E-state index contributed by atoms with van der Waals surface area (Å²) in [5, 5.41) is 6.77. The summed E-state index contributed by atoms with van der Waals surface area (Å²) in [6, 6.07) is 6.99. The van der Waals surface area contributed by atoms with Gasteiger partial charge in [-0.1, -0.05) is 17.3 Å². The highest BCUT2D eigenvalue weighted by molar-refractivity contribution is 5.78. The van der Waals surface area contributed by atoms with Crippen LogP contribution in [0.25, 0.3) is 0 Å². The van der Waals surface area contributed by atoms with Gasteiger partial charge in [0.1, 0.15) is 5.82 Å². The topological polar surface area (TPSA) is 61.6 Å². The Balaban J connectivity index is 1.38. The van der Waals surface area contributed by atoms with Crippen molar-refractivity contribution < 1.29 is 13.7 Å². The van der Waals surface area contributed by atoms with Crippen LogP contribution in [-0.4, -0.2) is 53.6 Å². The molecule has 0 saturated carbocycles. The third-order valence-corrected chi connectivity index (χ3v) is 4.61. The van der Waals surface area contributed by atoms with Gasteiger partial charge in [0.25, 0.3) is 0 Å². The number of amides is 1. The van der Waals surface area contributed by atoms with Gasteiger partial charge in [-0.15, -0.1) is 0 Å². The molecule has 0 spiro atoms. The van der Waals surface area contributed by atoms with Crippen LogP contribution in [0.2, 0.25) is 0 Å². The number of aryl methyl sites for hydroxylation is 2. The van der Waals surface area contributed by atoms with Crippen molar-refractivity contribution in [2.75, 3.05) is 32.7 Å². The van der Waals surface area contributed by atoms with E-state index in [9.17, 15) is 9.18 Å². The van der Waals surface area contributed by atoms with E-state index in [0.29, 0.717) is 18.7 Å². The van der Waals surface area contributed by atoms with Crippen LogP contribution in [0.3, 0.4) is 0 Å². The quantitative estimate of drug-likeness (QED) is 0.852. The van der Waals surface area contributed by atoms with E-state index in [0.717, 1.165) is 49.7 Å². The molecule has 0 radical (unpaired) electrons. The Bertz CT molecular complexity index is 754. The molecule has 2 heterocycles. The minimum absolute atomic E-state index is 0.0368. The fourth-order valence-corrected chi connectivity index (χ4v) is 3.02. The van der Waals surface area contributed by atoms with Crippen LogP contribution in [0.4, 0.5) is 4.39 Å². The summed E-state index contributed by atoms with van der Waals surface area (Å²) in [6.45, 7) is 8.53. The summed E-state index contributed by atoms with van der Waals surface area (Å²) in [7, 11) is 0. The second kappa shape index (κ2) is 8.42. The Morgan fingerprint density at radius 2 is 1.92 bits per heavy atom. The van der Waals surface area contributed by atoms with E-state index in [2.05, 4.69) is 20.3 Å². The summed E-state index contributed by atoms with van der Waals surface area (Å²) < 4.78 is 18.8. The van der Waals surface area contributed by atoms with Gasteiger partial charge in [0.05, 0.1) is 18.8 Å². The predicted octanol–water partition coefficient (Wildman–Crippen LogP) is 1.86. The fraction of sp³-hybridized carbons (Fsp3) is 0.474. The van der Waals surface area contributed by atoms with E-state index >= 15 is 0 Å². The van der Waals surface area contributed by atoms with Crippen molar-refractivity contribution in [1.29, 1.82) is 0 Å². The zero-order valence-corrected chi connectivity index (χ0v) is 15.3. The molecular weight excluding hydrogens is 335 g/mol. The molecule has 1 fully saturated rings. The van der Waals surface area contributed by atoms with Crippen molar-refractivity contribution in [2.24, 2.45) is 0 Å². The molecule has 0 unspecified atom stereocenters. The SMILES string of the molecule is Cc1cc(CN2CCN(CC(=O)NCc3ccc(C)c(F)c3)CC2)on1. The first kappa shape index (κ1) is 18.5. The molecule has 26 heavy (non-hydrogen) atoms. The Hall–Kier alpha value is -2.25.